The minimum atomic E-state index is -0.505. The van der Waals surface area contributed by atoms with Crippen LogP contribution in [-0.2, 0) is 4.74 Å². The normalized spacial score (nSPS) is 10.2. The van der Waals surface area contributed by atoms with Gasteiger partial charge in [-0.2, -0.15) is 0 Å². The van der Waals surface area contributed by atoms with E-state index in [0.717, 1.165) is 0 Å². The van der Waals surface area contributed by atoms with Gasteiger partial charge >= 0.3 is 5.97 Å². The van der Waals surface area contributed by atoms with Gasteiger partial charge in [0.15, 0.2) is 5.16 Å². The Hall–Kier alpha value is -2.15. The topological polar surface area (TPSA) is 64.1 Å². The van der Waals surface area contributed by atoms with Crippen molar-refractivity contribution in [2.24, 2.45) is 0 Å². The second-order valence-corrected chi connectivity index (χ2v) is 4.74. The van der Waals surface area contributed by atoms with E-state index in [1.165, 1.54) is 30.1 Å². The molecule has 7 heteroatoms. The largest absolute Gasteiger partial charge is 0.462 e. The Bertz CT molecular complexity index is 635. The van der Waals surface area contributed by atoms with Gasteiger partial charge in [0.25, 0.3) is 0 Å². The van der Waals surface area contributed by atoms with E-state index in [1.54, 1.807) is 19.1 Å². The lowest BCUT2D eigenvalue weighted by atomic mass is 10.2. The van der Waals surface area contributed by atoms with Gasteiger partial charge < -0.3 is 10.1 Å². The van der Waals surface area contributed by atoms with Crippen molar-refractivity contribution in [3.05, 3.63) is 41.8 Å². The molecule has 0 bridgehead atoms. The molecular formula is C14H14FN3O2S. The van der Waals surface area contributed by atoms with Crippen molar-refractivity contribution in [1.82, 2.24) is 9.97 Å². The van der Waals surface area contributed by atoms with E-state index in [4.69, 9.17) is 4.74 Å². The second kappa shape index (κ2) is 7.03. The Balaban J connectivity index is 2.34. The SMILES string of the molecule is CCOC(=O)c1cnc(SC)nc1Nc1ccc(F)cc1. The molecule has 0 atom stereocenters. The van der Waals surface area contributed by atoms with E-state index in [-0.39, 0.29) is 18.0 Å². The number of rotatable bonds is 5. The molecule has 1 N–H and O–H groups in total. The monoisotopic (exact) mass is 307 g/mol. The highest BCUT2D eigenvalue weighted by Crippen LogP contribution is 2.22. The molecule has 0 aliphatic heterocycles. The first-order valence-corrected chi connectivity index (χ1v) is 7.47. The second-order valence-electron chi connectivity index (χ2n) is 3.97. The highest BCUT2D eigenvalue weighted by atomic mass is 32.2. The van der Waals surface area contributed by atoms with E-state index in [9.17, 15) is 9.18 Å². The van der Waals surface area contributed by atoms with Gasteiger partial charge in [0.05, 0.1) is 6.61 Å². The van der Waals surface area contributed by atoms with Gasteiger partial charge in [0, 0.05) is 11.9 Å². The summed E-state index contributed by atoms with van der Waals surface area (Å²) in [5.41, 5.74) is 0.853. The molecule has 2 rings (SSSR count). The summed E-state index contributed by atoms with van der Waals surface area (Å²) >= 11 is 1.36. The van der Waals surface area contributed by atoms with Crippen LogP contribution in [0.3, 0.4) is 0 Å². The van der Waals surface area contributed by atoms with Gasteiger partial charge in [-0.3, -0.25) is 0 Å². The number of esters is 1. The Kier molecular flexibility index (Phi) is 5.10. The molecule has 1 heterocycles. The van der Waals surface area contributed by atoms with E-state index >= 15 is 0 Å². The molecule has 0 amide bonds. The van der Waals surface area contributed by atoms with Crippen LogP contribution in [0.4, 0.5) is 15.9 Å². The van der Waals surface area contributed by atoms with Gasteiger partial charge in [-0.1, -0.05) is 11.8 Å². The number of benzene rings is 1. The third kappa shape index (κ3) is 3.91. The fourth-order valence-electron chi connectivity index (χ4n) is 1.59. The number of nitrogens with one attached hydrogen (secondary N) is 1. The van der Waals surface area contributed by atoms with Crippen molar-refractivity contribution in [2.45, 2.75) is 12.1 Å². The lowest BCUT2D eigenvalue weighted by molar-refractivity contribution is 0.0526. The molecule has 21 heavy (non-hydrogen) atoms. The number of aromatic nitrogens is 2. The Morgan fingerprint density at radius 1 is 1.38 bits per heavy atom. The number of nitrogens with zero attached hydrogens (tertiary/aromatic N) is 2. The van der Waals surface area contributed by atoms with E-state index in [1.807, 2.05) is 6.26 Å². The summed E-state index contributed by atoms with van der Waals surface area (Å²) < 4.78 is 17.9. The molecule has 0 aliphatic carbocycles. The van der Waals surface area contributed by atoms with Gasteiger partial charge in [-0.15, -0.1) is 0 Å². The van der Waals surface area contributed by atoms with Crippen molar-refractivity contribution < 1.29 is 13.9 Å². The van der Waals surface area contributed by atoms with Crippen LogP contribution in [0.2, 0.25) is 0 Å². The van der Waals surface area contributed by atoms with E-state index < -0.39 is 5.97 Å². The fourth-order valence-corrected chi connectivity index (χ4v) is 1.93. The smallest absolute Gasteiger partial charge is 0.343 e. The van der Waals surface area contributed by atoms with Crippen molar-refractivity contribution in [3.8, 4) is 0 Å². The highest BCUT2D eigenvalue weighted by molar-refractivity contribution is 7.98. The summed E-state index contributed by atoms with van der Waals surface area (Å²) in [4.78, 5) is 20.2. The van der Waals surface area contributed by atoms with Crippen LogP contribution in [-0.4, -0.2) is 28.8 Å². The molecule has 0 spiro atoms. The standard InChI is InChI=1S/C14H14FN3O2S/c1-3-20-13(19)11-8-16-14(21-2)18-12(11)17-10-6-4-9(15)5-7-10/h4-8H,3H2,1-2H3,(H,16,17,18). The third-order valence-corrected chi connectivity index (χ3v) is 3.11. The first-order chi connectivity index (χ1) is 10.1. The molecule has 0 fully saturated rings. The number of hydrogen-bond donors (Lipinski definition) is 1. The van der Waals surface area contributed by atoms with Crippen LogP contribution >= 0.6 is 11.8 Å². The molecular weight excluding hydrogens is 293 g/mol. The summed E-state index contributed by atoms with van der Waals surface area (Å²) in [5, 5.41) is 3.50. The molecule has 0 aliphatic rings. The number of halogens is 1. The summed E-state index contributed by atoms with van der Waals surface area (Å²) in [6.07, 6.45) is 3.25. The molecule has 0 saturated carbocycles. The molecule has 110 valence electrons. The van der Waals surface area contributed by atoms with Crippen molar-refractivity contribution in [3.63, 3.8) is 0 Å². The van der Waals surface area contributed by atoms with Gasteiger partial charge in [-0.25, -0.2) is 19.2 Å². The number of hydrogen-bond acceptors (Lipinski definition) is 6. The van der Waals surface area contributed by atoms with Crippen molar-refractivity contribution in [2.75, 3.05) is 18.2 Å². The molecule has 0 saturated heterocycles. The summed E-state index contributed by atoms with van der Waals surface area (Å²) in [6.45, 7) is 1.99. The molecule has 2 aromatic rings. The summed E-state index contributed by atoms with van der Waals surface area (Å²) in [6, 6.07) is 5.77. The quantitative estimate of drug-likeness (QED) is 0.519. The Morgan fingerprint density at radius 3 is 2.71 bits per heavy atom. The van der Waals surface area contributed by atoms with Crippen molar-refractivity contribution in [1.29, 1.82) is 0 Å². The van der Waals surface area contributed by atoms with Gasteiger partial charge in [0.1, 0.15) is 17.2 Å². The van der Waals surface area contributed by atoms with Crippen LogP contribution in [0.25, 0.3) is 0 Å². The van der Waals surface area contributed by atoms with Crippen LogP contribution in [0.5, 0.6) is 0 Å². The predicted octanol–water partition coefficient (Wildman–Crippen LogP) is 3.26. The maximum absolute atomic E-state index is 12.9. The zero-order chi connectivity index (χ0) is 15.2. The number of anilines is 2. The summed E-state index contributed by atoms with van der Waals surface area (Å²) in [5.74, 6) is -0.507. The summed E-state index contributed by atoms with van der Waals surface area (Å²) in [7, 11) is 0. The average Bonchev–Trinajstić information content (AvgIpc) is 2.49. The molecule has 1 aromatic carbocycles. The Labute approximate surface area is 126 Å². The Morgan fingerprint density at radius 2 is 2.10 bits per heavy atom. The van der Waals surface area contributed by atoms with Crippen LogP contribution in [0.15, 0.2) is 35.6 Å². The molecule has 0 radical (unpaired) electrons. The predicted molar refractivity (Wildman–Crippen MR) is 79.5 cm³/mol. The average molecular weight is 307 g/mol. The maximum atomic E-state index is 12.9. The molecule has 0 unspecified atom stereocenters. The van der Waals surface area contributed by atoms with Crippen molar-refractivity contribution >= 4 is 29.2 Å². The minimum absolute atomic E-state index is 0.235. The number of thioether (sulfide) groups is 1. The first kappa shape index (κ1) is 15.2. The lowest BCUT2D eigenvalue weighted by Gasteiger charge is -2.11. The zero-order valence-corrected chi connectivity index (χ0v) is 12.4. The number of carbonyl (C=O) groups excluding carboxylic acids is 1. The van der Waals surface area contributed by atoms with Crippen LogP contribution in [0, 0.1) is 5.82 Å². The number of ether oxygens (including phenoxy) is 1. The lowest BCUT2D eigenvalue weighted by Crippen LogP contribution is -2.10. The van der Waals surface area contributed by atoms with E-state index in [0.29, 0.717) is 16.7 Å². The minimum Gasteiger partial charge on any atom is -0.462 e. The van der Waals surface area contributed by atoms with Crippen LogP contribution in [0.1, 0.15) is 17.3 Å². The maximum Gasteiger partial charge on any atom is 0.343 e. The van der Waals surface area contributed by atoms with Crippen LogP contribution < -0.4 is 5.32 Å². The van der Waals surface area contributed by atoms with Gasteiger partial charge in [-0.05, 0) is 37.4 Å². The zero-order valence-electron chi connectivity index (χ0n) is 11.6. The molecule has 5 nitrogen and oxygen atoms in total. The highest BCUT2D eigenvalue weighted by Gasteiger charge is 2.16. The third-order valence-electron chi connectivity index (χ3n) is 2.55. The van der Waals surface area contributed by atoms with Gasteiger partial charge in [0.2, 0.25) is 0 Å². The first-order valence-electron chi connectivity index (χ1n) is 6.24. The fraction of sp³-hybridized carbons (Fsp3) is 0.214. The van der Waals surface area contributed by atoms with E-state index in [2.05, 4.69) is 15.3 Å². The number of carbonyl (C=O) groups is 1. The molecule has 1 aromatic heterocycles.